The van der Waals surface area contributed by atoms with Gasteiger partial charge in [-0.15, -0.1) is 0 Å². The number of aromatic nitrogens is 1. The molecule has 2 N–H and O–H groups in total. The van der Waals surface area contributed by atoms with Gasteiger partial charge < -0.3 is 10.6 Å². The number of nitrogens with one attached hydrogen (secondary N) is 2. The van der Waals surface area contributed by atoms with Gasteiger partial charge in [0, 0.05) is 18.0 Å². The zero-order chi connectivity index (χ0) is 13.0. The van der Waals surface area contributed by atoms with E-state index in [4.69, 9.17) is 4.98 Å². The number of pyridine rings is 1. The van der Waals surface area contributed by atoms with E-state index >= 15 is 0 Å². The minimum atomic E-state index is 0.554. The molecule has 0 amide bonds. The largest absolute Gasteiger partial charge is 0.354 e. The molecular weight excluding hydrogens is 372 g/mol. The molecular formula is C13H12Br2N4. The summed E-state index contributed by atoms with van der Waals surface area (Å²) in [7, 11) is 0. The van der Waals surface area contributed by atoms with Crippen molar-refractivity contribution in [2.75, 3.05) is 18.4 Å². The molecule has 0 radical (unpaired) electrons. The van der Waals surface area contributed by atoms with Gasteiger partial charge in [0.05, 0.1) is 22.4 Å². The predicted molar refractivity (Wildman–Crippen MR) is 83.5 cm³/mol. The fourth-order valence-electron chi connectivity index (χ4n) is 2.96. The number of anilines is 1. The average Bonchev–Trinajstić information content (AvgIpc) is 3.01. The fraction of sp³-hybridized carbons (Fsp3) is 0.385. The summed E-state index contributed by atoms with van der Waals surface area (Å²) >= 11 is 7.29. The van der Waals surface area contributed by atoms with Crippen LogP contribution in [0.4, 0.5) is 5.69 Å². The number of hydrogen-bond donors (Lipinski definition) is 2. The van der Waals surface area contributed by atoms with Gasteiger partial charge in [-0.3, -0.25) is 4.99 Å². The lowest BCUT2D eigenvalue weighted by molar-refractivity contribution is 0.742. The second-order valence-corrected chi connectivity index (χ2v) is 6.47. The number of guanidine groups is 1. The predicted octanol–water partition coefficient (Wildman–Crippen LogP) is 3.25. The highest BCUT2D eigenvalue weighted by molar-refractivity contribution is 9.11. The first kappa shape index (κ1) is 11.9. The van der Waals surface area contributed by atoms with Crippen molar-refractivity contribution in [2.24, 2.45) is 4.99 Å². The highest BCUT2D eigenvalue weighted by atomic mass is 79.9. The minimum absolute atomic E-state index is 0.554. The monoisotopic (exact) mass is 382 g/mol. The Labute approximate surface area is 128 Å². The summed E-state index contributed by atoms with van der Waals surface area (Å²) in [6, 6.07) is 0. The summed E-state index contributed by atoms with van der Waals surface area (Å²) in [5.74, 6) is 1.37. The quantitative estimate of drug-likeness (QED) is 0.732. The highest BCUT2D eigenvalue weighted by Crippen LogP contribution is 2.56. The molecule has 2 aliphatic carbocycles. The third-order valence-electron chi connectivity index (χ3n) is 3.85. The third kappa shape index (κ3) is 1.69. The molecule has 1 atom stereocenters. The molecule has 4 nitrogen and oxygen atoms in total. The highest BCUT2D eigenvalue weighted by Gasteiger charge is 2.39. The van der Waals surface area contributed by atoms with Crippen LogP contribution in [0, 0.1) is 0 Å². The molecule has 1 aromatic heterocycles. The summed E-state index contributed by atoms with van der Waals surface area (Å²) in [4.78, 5) is 9.07. The van der Waals surface area contributed by atoms with Crippen LogP contribution >= 0.6 is 31.9 Å². The van der Waals surface area contributed by atoms with Crippen LogP contribution in [-0.4, -0.2) is 24.0 Å². The molecule has 6 heteroatoms. The molecule has 0 aromatic carbocycles. The minimum Gasteiger partial charge on any atom is -0.354 e. The van der Waals surface area contributed by atoms with Crippen molar-refractivity contribution >= 4 is 49.1 Å². The fourth-order valence-corrected chi connectivity index (χ4v) is 4.44. The van der Waals surface area contributed by atoms with Gasteiger partial charge in [0.25, 0.3) is 0 Å². The number of rotatable bonds is 1. The summed E-state index contributed by atoms with van der Waals surface area (Å²) in [6.45, 7) is 1.71. The van der Waals surface area contributed by atoms with Crippen LogP contribution in [0.25, 0.3) is 5.57 Å². The first-order chi connectivity index (χ1) is 9.25. The van der Waals surface area contributed by atoms with Crippen molar-refractivity contribution in [2.45, 2.75) is 18.8 Å². The number of hydrogen-bond acceptors (Lipinski definition) is 4. The van der Waals surface area contributed by atoms with Crippen molar-refractivity contribution in [3.05, 3.63) is 26.4 Å². The normalized spacial score (nSPS) is 22.9. The van der Waals surface area contributed by atoms with E-state index in [9.17, 15) is 0 Å². The van der Waals surface area contributed by atoms with Crippen molar-refractivity contribution in [3.8, 4) is 0 Å². The third-order valence-corrected chi connectivity index (χ3v) is 5.22. The van der Waals surface area contributed by atoms with Gasteiger partial charge in [-0.05, 0) is 50.3 Å². The number of halogens is 2. The van der Waals surface area contributed by atoms with E-state index in [1.54, 1.807) is 0 Å². The number of fused-ring (bicyclic) bond motifs is 4. The Hall–Kier alpha value is -0.880. The molecule has 3 aliphatic rings. The van der Waals surface area contributed by atoms with Gasteiger partial charge in [0.1, 0.15) is 4.60 Å². The maximum Gasteiger partial charge on any atom is 0.196 e. The Bertz CT molecular complexity index is 636. The van der Waals surface area contributed by atoms with Crippen LogP contribution in [0.3, 0.4) is 0 Å². The van der Waals surface area contributed by atoms with Crippen molar-refractivity contribution in [3.63, 3.8) is 0 Å². The number of nitrogens with zero attached hydrogens (tertiary/aromatic N) is 2. The van der Waals surface area contributed by atoms with Gasteiger partial charge in [0.2, 0.25) is 0 Å². The Morgan fingerprint density at radius 3 is 3.05 bits per heavy atom. The van der Waals surface area contributed by atoms with Crippen LogP contribution < -0.4 is 10.6 Å². The lowest BCUT2D eigenvalue weighted by atomic mass is 9.78. The second kappa shape index (κ2) is 4.31. The Balaban J connectivity index is 1.78. The number of aliphatic imine (C=N–C) groups is 1. The van der Waals surface area contributed by atoms with Gasteiger partial charge >= 0.3 is 0 Å². The summed E-state index contributed by atoms with van der Waals surface area (Å²) < 4.78 is 1.94. The standard InChI is InChI=1S/C13H12Br2N4/c14-9-8-6-2-1-3-7(6)10(8)18-12(15)11(9)19-13-16-4-5-17-13/h2,7H,1,3-5H2,(H2,16,17,19). The zero-order valence-electron chi connectivity index (χ0n) is 10.1. The average molecular weight is 384 g/mol. The van der Waals surface area contributed by atoms with E-state index < -0.39 is 0 Å². The van der Waals surface area contributed by atoms with Crippen LogP contribution in [-0.2, 0) is 0 Å². The van der Waals surface area contributed by atoms with Crippen molar-refractivity contribution < 1.29 is 0 Å². The molecule has 0 saturated carbocycles. The molecule has 1 aromatic rings. The summed E-state index contributed by atoms with van der Waals surface area (Å²) in [6.07, 6.45) is 4.70. The molecule has 4 rings (SSSR count). The van der Waals surface area contributed by atoms with Crippen LogP contribution in [0.2, 0.25) is 0 Å². The summed E-state index contributed by atoms with van der Waals surface area (Å²) in [5, 5.41) is 6.53. The SMILES string of the molecule is Brc1nc2c(c(Br)c1NC1=NCCN1)C1=CCCC12. The second-order valence-electron chi connectivity index (χ2n) is 4.92. The van der Waals surface area contributed by atoms with Gasteiger partial charge in [-0.1, -0.05) is 6.08 Å². The molecule has 19 heavy (non-hydrogen) atoms. The Kier molecular flexibility index (Phi) is 2.70. The van der Waals surface area contributed by atoms with Gasteiger partial charge in [0.15, 0.2) is 5.96 Å². The Morgan fingerprint density at radius 2 is 2.26 bits per heavy atom. The molecule has 1 unspecified atom stereocenters. The maximum atomic E-state index is 4.71. The van der Waals surface area contributed by atoms with E-state index in [-0.39, 0.29) is 0 Å². The van der Waals surface area contributed by atoms with E-state index in [1.165, 1.54) is 23.3 Å². The summed E-state index contributed by atoms with van der Waals surface area (Å²) in [5.41, 5.74) is 4.89. The molecule has 2 heterocycles. The lowest BCUT2D eigenvalue weighted by Gasteiger charge is -2.31. The molecule has 0 saturated heterocycles. The maximum absolute atomic E-state index is 4.71. The van der Waals surface area contributed by atoms with E-state index in [0.717, 1.165) is 40.2 Å². The van der Waals surface area contributed by atoms with E-state index in [0.29, 0.717) is 5.92 Å². The smallest absolute Gasteiger partial charge is 0.196 e. The first-order valence-electron chi connectivity index (χ1n) is 6.40. The van der Waals surface area contributed by atoms with Crippen LogP contribution in [0.1, 0.15) is 30.0 Å². The molecule has 0 spiro atoms. The first-order valence-corrected chi connectivity index (χ1v) is 7.99. The Morgan fingerprint density at radius 1 is 1.37 bits per heavy atom. The van der Waals surface area contributed by atoms with Crippen molar-refractivity contribution in [1.29, 1.82) is 0 Å². The zero-order valence-corrected chi connectivity index (χ0v) is 13.3. The molecule has 0 fully saturated rings. The molecule has 0 bridgehead atoms. The van der Waals surface area contributed by atoms with Crippen LogP contribution in [0.5, 0.6) is 0 Å². The molecule has 98 valence electrons. The lowest BCUT2D eigenvalue weighted by Crippen LogP contribution is -2.27. The van der Waals surface area contributed by atoms with E-state index in [1.807, 2.05) is 0 Å². The van der Waals surface area contributed by atoms with E-state index in [2.05, 4.69) is 53.6 Å². The van der Waals surface area contributed by atoms with Gasteiger partial charge in [-0.25, -0.2) is 4.98 Å². The van der Waals surface area contributed by atoms with Crippen molar-refractivity contribution in [1.82, 2.24) is 10.3 Å². The van der Waals surface area contributed by atoms with Gasteiger partial charge in [-0.2, -0.15) is 0 Å². The van der Waals surface area contributed by atoms with Crippen LogP contribution in [0.15, 0.2) is 20.1 Å². The topological polar surface area (TPSA) is 49.3 Å². The molecule has 1 aliphatic heterocycles. The number of allylic oxidation sites excluding steroid dienone is 2.